The van der Waals surface area contributed by atoms with Crippen molar-refractivity contribution in [3.63, 3.8) is 0 Å². The van der Waals surface area contributed by atoms with E-state index >= 15 is 0 Å². The van der Waals surface area contributed by atoms with Gasteiger partial charge in [-0.15, -0.1) is 0 Å². The minimum atomic E-state index is 0.401. The van der Waals surface area contributed by atoms with Crippen molar-refractivity contribution in [2.45, 2.75) is 39.7 Å². The third-order valence-corrected chi connectivity index (χ3v) is 3.91. The molecule has 6 heteroatoms. The zero-order valence-electron chi connectivity index (χ0n) is 15.1. The first-order chi connectivity index (χ1) is 11.6. The Balaban J connectivity index is 1.71. The van der Waals surface area contributed by atoms with Gasteiger partial charge < -0.3 is 10.6 Å². The fourth-order valence-corrected chi connectivity index (χ4v) is 2.43. The number of aromatic nitrogens is 3. The SMILES string of the molecule is CN=C(NCCc1ccn(C(C)C)n1)NCCc1ccncc1C. The maximum Gasteiger partial charge on any atom is 0.190 e. The summed E-state index contributed by atoms with van der Waals surface area (Å²) in [4.78, 5) is 8.38. The highest BCUT2D eigenvalue weighted by Gasteiger charge is 2.03. The molecule has 0 spiro atoms. The van der Waals surface area contributed by atoms with Crippen LogP contribution in [0, 0.1) is 6.92 Å². The standard InChI is InChI=1S/C18H28N6/c1-14(2)24-12-8-17(23-24)7-11-22-18(19-4)21-10-6-16-5-9-20-13-15(16)3/h5,8-9,12-14H,6-7,10-11H2,1-4H3,(H2,19,21,22). The van der Waals surface area contributed by atoms with E-state index in [9.17, 15) is 0 Å². The van der Waals surface area contributed by atoms with Gasteiger partial charge in [-0.25, -0.2) is 0 Å². The van der Waals surface area contributed by atoms with Gasteiger partial charge in [0.25, 0.3) is 0 Å². The average Bonchev–Trinajstić information content (AvgIpc) is 3.04. The fourth-order valence-electron chi connectivity index (χ4n) is 2.43. The molecule has 0 radical (unpaired) electrons. The summed E-state index contributed by atoms with van der Waals surface area (Å²) < 4.78 is 1.99. The fraction of sp³-hybridized carbons (Fsp3) is 0.500. The van der Waals surface area contributed by atoms with Crippen molar-refractivity contribution in [1.82, 2.24) is 25.4 Å². The summed E-state index contributed by atoms with van der Waals surface area (Å²) in [5, 5.41) is 11.2. The Morgan fingerprint density at radius 2 is 1.96 bits per heavy atom. The van der Waals surface area contributed by atoms with E-state index in [1.54, 1.807) is 7.05 Å². The van der Waals surface area contributed by atoms with Crippen LogP contribution in [-0.4, -0.2) is 40.9 Å². The molecule has 0 bridgehead atoms. The minimum absolute atomic E-state index is 0.401. The first-order valence-electron chi connectivity index (χ1n) is 8.48. The van der Waals surface area contributed by atoms with Gasteiger partial charge in [-0.05, 0) is 50.5 Å². The van der Waals surface area contributed by atoms with Gasteiger partial charge in [0.15, 0.2) is 5.96 Å². The smallest absolute Gasteiger partial charge is 0.190 e. The van der Waals surface area contributed by atoms with E-state index in [0.29, 0.717) is 6.04 Å². The number of nitrogens with zero attached hydrogens (tertiary/aromatic N) is 4. The Labute approximate surface area is 144 Å². The molecule has 0 aliphatic heterocycles. The topological polar surface area (TPSA) is 67.1 Å². The maximum absolute atomic E-state index is 4.55. The highest BCUT2D eigenvalue weighted by atomic mass is 15.3. The maximum atomic E-state index is 4.55. The van der Waals surface area contributed by atoms with Crippen molar-refractivity contribution in [3.05, 3.63) is 47.5 Å². The van der Waals surface area contributed by atoms with Crippen LogP contribution in [0.15, 0.2) is 35.7 Å². The number of hydrogen-bond acceptors (Lipinski definition) is 3. The molecule has 2 rings (SSSR count). The van der Waals surface area contributed by atoms with Crippen LogP contribution in [0.5, 0.6) is 0 Å². The van der Waals surface area contributed by atoms with E-state index in [2.05, 4.69) is 58.6 Å². The van der Waals surface area contributed by atoms with Crippen molar-refractivity contribution >= 4 is 5.96 Å². The molecule has 2 N–H and O–H groups in total. The second-order valence-corrected chi connectivity index (χ2v) is 6.11. The quantitative estimate of drug-likeness (QED) is 0.603. The second-order valence-electron chi connectivity index (χ2n) is 6.11. The minimum Gasteiger partial charge on any atom is -0.356 e. The summed E-state index contributed by atoms with van der Waals surface area (Å²) in [5.41, 5.74) is 3.63. The number of hydrogen-bond donors (Lipinski definition) is 2. The van der Waals surface area contributed by atoms with Crippen LogP contribution < -0.4 is 10.6 Å². The zero-order valence-corrected chi connectivity index (χ0v) is 15.1. The summed E-state index contributed by atoms with van der Waals surface area (Å²) in [6.07, 6.45) is 7.60. The molecule has 0 aliphatic rings. The monoisotopic (exact) mass is 328 g/mol. The summed E-state index contributed by atoms with van der Waals surface area (Å²) in [5.74, 6) is 0.824. The third kappa shape index (κ3) is 5.37. The van der Waals surface area contributed by atoms with E-state index < -0.39 is 0 Å². The van der Waals surface area contributed by atoms with E-state index in [0.717, 1.165) is 37.6 Å². The van der Waals surface area contributed by atoms with Gasteiger partial charge in [-0.1, -0.05) is 0 Å². The lowest BCUT2D eigenvalue weighted by molar-refractivity contribution is 0.526. The molecular formula is C18H28N6. The van der Waals surface area contributed by atoms with Gasteiger partial charge in [0.2, 0.25) is 0 Å². The third-order valence-electron chi connectivity index (χ3n) is 3.91. The first kappa shape index (κ1) is 18.0. The first-order valence-corrected chi connectivity index (χ1v) is 8.48. The van der Waals surface area contributed by atoms with Crippen molar-refractivity contribution in [2.24, 2.45) is 4.99 Å². The molecule has 0 aromatic carbocycles. The number of rotatable bonds is 7. The van der Waals surface area contributed by atoms with Gasteiger partial charge in [0.05, 0.1) is 5.69 Å². The highest BCUT2D eigenvalue weighted by Crippen LogP contribution is 2.05. The predicted molar refractivity (Wildman–Crippen MR) is 98.4 cm³/mol. The van der Waals surface area contributed by atoms with Crippen LogP contribution in [-0.2, 0) is 12.8 Å². The Morgan fingerprint density at radius 1 is 1.21 bits per heavy atom. The van der Waals surface area contributed by atoms with Gasteiger partial charge in [0.1, 0.15) is 0 Å². The largest absolute Gasteiger partial charge is 0.356 e. The van der Waals surface area contributed by atoms with E-state index in [1.165, 1.54) is 11.1 Å². The summed E-state index contributed by atoms with van der Waals surface area (Å²) >= 11 is 0. The molecule has 0 fully saturated rings. The number of aryl methyl sites for hydroxylation is 1. The molecule has 0 atom stereocenters. The zero-order chi connectivity index (χ0) is 17.4. The highest BCUT2D eigenvalue weighted by molar-refractivity contribution is 5.79. The molecule has 2 aromatic rings. The van der Waals surface area contributed by atoms with Crippen molar-refractivity contribution < 1.29 is 0 Å². The van der Waals surface area contributed by atoms with Crippen LogP contribution >= 0.6 is 0 Å². The Morgan fingerprint density at radius 3 is 2.58 bits per heavy atom. The lowest BCUT2D eigenvalue weighted by Crippen LogP contribution is -2.39. The molecule has 0 amide bonds. The van der Waals surface area contributed by atoms with Crippen molar-refractivity contribution in [2.75, 3.05) is 20.1 Å². The van der Waals surface area contributed by atoms with Crippen LogP contribution in [0.4, 0.5) is 0 Å². The van der Waals surface area contributed by atoms with Crippen LogP contribution in [0.3, 0.4) is 0 Å². The Hall–Kier alpha value is -2.37. The van der Waals surface area contributed by atoms with Crippen LogP contribution in [0.1, 0.15) is 36.7 Å². The molecule has 0 saturated carbocycles. The average molecular weight is 328 g/mol. The molecule has 0 saturated heterocycles. The summed E-state index contributed by atoms with van der Waals surface area (Å²) in [6.45, 7) is 8.00. The lowest BCUT2D eigenvalue weighted by Gasteiger charge is -2.12. The van der Waals surface area contributed by atoms with E-state index in [4.69, 9.17) is 0 Å². The van der Waals surface area contributed by atoms with Gasteiger partial charge in [-0.2, -0.15) is 5.10 Å². The Kier molecular flexibility index (Phi) is 6.78. The van der Waals surface area contributed by atoms with Gasteiger partial charge in [-0.3, -0.25) is 14.7 Å². The molecular weight excluding hydrogens is 300 g/mol. The number of pyridine rings is 1. The summed E-state index contributed by atoms with van der Waals surface area (Å²) in [7, 11) is 1.79. The molecule has 2 aromatic heterocycles. The van der Waals surface area contributed by atoms with E-state index in [1.807, 2.05) is 23.3 Å². The van der Waals surface area contributed by atoms with E-state index in [-0.39, 0.29) is 0 Å². The molecule has 130 valence electrons. The molecule has 0 unspecified atom stereocenters. The molecule has 24 heavy (non-hydrogen) atoms. The second kappa shape index (κ2) is 9.05. The van der Waals surface area contributed by atoms with Gasteiger partial charge >= 0.3 is 0 Å². The summed E-state index contributed by atoms with van der Waals surface area (Å²) in [6, 6.07) is 4.54. The molecule has 0 aliphatic carbocycles. The molecule has 6 nitrogen and oxygen atoms in total. The predicted octanol–water partition coefficient (Wildman–Crippen LogP) is 2.12. The lowest BCUT2D eigenvalue weighted by atomic mass is 10.1. The number of nitrogens with one attached hydrogen (secondary N) is 2. The molecule has 2 heterocycles. The van der Waals surface area contributed by atoms with Crippen LogP contribution in [0.25, 0.3) is 0 Å². The van der Waals surface area contributed by atoms with Crippen LogP contribution in [0.2, 0.25) is 0 Å². The van der Waals surface area contributed by atoms with Gasteiger partial charge in [0, 0.05) is 51.2 Å². The Bertz CT molecular complexity index is 659. The normalized spacial score (nSPS) is 11.8. The number of aliphatic imine (C=N–C) groups is 1. The van der Waals surface area contributed by atoms with Crippen molar-refractivity contribution in [1.29, 1.82) is 0 Å². The number of guanidine groups is 1. The van der Waals surface area contributed by atoms with Crippen molar-refractivity contribution in [3.8, 4) is 0 Å².